The fourth-order valence-electron chi connectivity index (χ4n) is 4.18. The van der Waals surface area contributed by atoms with Crippen LogP contribution >= 0.6 is 11.6 Å². The summed E-state index contributed by atoms with van der Waals surface area (Å²) in [6.45, 7) is 3.40. The van der Waals surface area contributed by atoms with E-state index in [1.165, 1.54) is 18.2 Å². The van der Waals surface area contributed by atoms with Crippen LogP contribution in [0.3, 0.4) is 0 Å². The van der Waals surface area contributed by atoms with Gasteiger partial charge in [-0.3, -0.25) is 0 Å². The van der Waals surface area contributed by atoms with Crippen LogP contribution in [0.4, 0.5) is 25.1 Å². The number of halogens is 3. The van der Waals surface area contributed by atoms with E-state index in [4.69, 9.17) is 25.8 Å². The minimum absolute atomic E-state index is 0.0847. The van der Waals surface area contributed by atoms with Gasteiger partial charge in [0.1, 0.15) is 23.8 Å². The van der Waals surface area contributed by atoms with E-state index in [0.29, 0.717) is 26.3 Å². The highest BCUT2D eigenvalue weighted by Crippen LogP contribution is 2.40. The van der Waals surface area contributed by atoms with Crippen molar-refractivity contribution in [1.29, 1.82) is 0 Å². The molecule has 1 aliphatic carbocycles. The Morgan fingerprint density at radius 1 is 1.24 bits per heavy atom. The van der Waals surface area contributed by atoms with Crippen LogP contribution in [0.5, 0.6) is 5.88 Å². The number of para-hydroxylation sites is 1. The molecule has 1 N–H and O–H groups in total. The number of piperidine rings is 1. The highest BCUT2D eigenvalue weighted by Gasteiger charge is 2.47. The lowest BCUT2D eigenvalue weighted by molar-refractivity contribution is -0.112. The van der Waals surface area contributed by atoms with Crippen molar-refractivity contribution in [2.75, 3.05) is 31.6 Å². The number of anilines is 2. The summed E-state index contributed by atoms with van der Waals surface area (Å²) in [5, 5.41) is 2.66. The molecule has 2 bridgehead atoms. The van der Waals surface area contributed by atoms with Crippen LogP contribution in [0, 0.1) is 23.5 Å². The van der Waals surface area contributed by atoms with Gasteiger partial charge in [0.25, 0.3) is 5.88 Å². The number of benzene rings is 1. The number of hydrogen-bond donors (Lipinski definition) is 1. The van der Waals surface area contributed by atoms with Crippen molar-refractivity contribution in [3.05, 3.63) is 41.2 Å². The van der Waals surface area contributed by atoms with Crippen molar-refractivity contribution >= 4 is 29.2 Å². The van der Waals surface area contributed by atoms with Gasteiger partial charge in [-0.15, -0.1) is 0 Å². The van der Waals surface area contributed by atoms with Gasteiger partial charge in [0.2, 0.25) is 5.82 Å². The average molecular weight is 481 g/mol. The zero-order valence-corrected chi connectivity index (χ0v) is 18.6. The third-order valence-electron chi connectivity index (χ3n) is 6.26. The van der Waals surface area contributed by atoms with Gasteiger partial charge in [-0.05, 0) is 31.9 Å². The van der Waals surface area contributed by atoms with E-state index in [-0.39, 0.29) is 45.9 Å². The zero-order valence-electron chi connectivity index (χ0n) is 17.9. The lowest BCUT2D eigenvalue weighted by atomic mass is 9.84. The summed E-state index contributed by atoms with van der Waals surface area (Å²) in [7, 11) is 0. The van der Waals surface area contributed by atoms with Crippen LogP contribution in [0.2, 0.25) is 5.02 Å². The van der Waals surface area contributed by atoms with Gasteiger partial charge < -0.3 is 24.4 Å². The summed E-state index contributed by atoms with van der Waals surface area (Å²) in [5.41, 5.74) is -0.450. The smallest absolute Gasteiger partial charge is 0.410 e. The summed E-state index contributed by atoms with van der Waals surface area (Å²) in [5.74, 6) is -2.38. The molecule has 11 heteroatoms. The number of nitrogens with one attached hydrogen (secondary N) is 1. The number of carbonyl (C=O) groups excluding carboxylic acids is 1. The van der Waals surface area contributed by atoms with E-state index < -0.39 is 17.7 Å². The van der Waals surface area contributed by atoms with Gasteiger partial charge in [-0.2, -0.15) is 9.37 Å². The number of fused-ring (bicyclic) bond motifs is 2. The first-order valence-corrected chi connectivity index (χ1v) is 11.1. The van der Waals surface area contributed by atoms with Crippen molar-refractivity contribution in [3.8, 4) is 5.88 Å². The van der Waals surface area contributed by atoms with E-state index in [0.717, 1.165) is 19.2 Å². The third-order valence-corrected chi connectivity index (χ3v) is 6.58. The Bertz CT molecular complexity index is 1040. The first-order chi connectivity index (χ1) is 15.8. The second-order valence-corrected chi connectivity index (χ2v) is 9.33. The standard InChI is InChI=1S/C22H23ClF2N4O4/c1-22(5-6-22)33-21(30)29-7-12-9-31-10-13(8-29)18(12)32-20-16(25)19(26-11-27-20)28-17-14(23)3-2-4-15(17)24/h2-4,11-13,18H,5-10H2,1H3,(H,26,27,28). The summed E-state index contributed by atoms with van der Waals surface area (Å²) >= 11 is 6.02. The van der Waals surface area contributed by atoms with Crippen LogP contribution in [0.25, 0.3) is 0 Å². The molecular weight excluding hydrogens is 458 g/mol. The Kier molecular flexibility index (Phi) is 5.74. The van der Waals surface area contributed by atoms with Gasteiger partial charge >= 0.3 is 6.09 Å². The minimum Gasteiger partial charge on any atom is -0.471 e. The second kappa shape index (κ2) is 8.57. The third kappa shape index (κ3) is 4.54. The predicted octanol–water partition coefficient (Wildman–Crippen LogP) is 4.17. The Morgan fingerprint density at radius 2 is 1.97 bits per heavy atom. The second-order valence-electron chi connectivity index (χ2n) is 8.93. The van der Waals surface area contributed by atoms with E-state index in [1.807, 2.05) is 6.92 Å². The molecule has 5 rings (SSSR count). The number of rotatable bonds is 5. The van der Waals surface area contributed by atoms with Crippen molar-refractivity contribution < 1.29 is 27.8 Å². The molecule has 1 amide bonds. The van der Waals surface area contributed by atoms with E-state index >= 15 is 4.39 Å². The molecule has 1 saturated carbocycles. The van der Waals surface area contributed by atoms with E-state index in [2.05, 4.69) is 15.3 Å². The summed E-state index contributed by atoms with van der Waals surface area (Å²) in [6.07, 6.45) is 2.12. The van der Waals surface area contributed by atoms with E-state index in [1.54, 1.807) is 4.90 Å². The van der Waals surface area contributed by atoms with Crippen molar-refractivity contribution in [2.45, 2.75) is 31.5 Å². The number of aromatic nitrogens is 2. The van der Waals surface area contributed by atoms with Crippen molar-refractivity contribution in [1.82, 2.24) is 14.9 Å². The van der Waals surface area contributed by atoms with Crippen molar-refractivity contribution in [2.24, 2.45) is 11.8 Å². The maximum Gasteiger partial charge on any atom is 0.410 e. The van der Waals surface area contributed by atoms with Crippen LogP contribution in [0.15, 0.2) is 24.5 Å². The zero-order chi connectivity index (χ0) is 23.2. The van der Waals surface area contributed by atoms with Gasteiger partial charge in [-0.25, -0.2) is 14.2 Å². The predicted molar refractivity (Wildman–Crippen MR) is 115 cm³/mol. The summed E-state index contributed by atoms with van der Waals surface area (Å²) in [6, 6.07) is 4.13. The Balaban J connectivity index is 1.31. The summed E-state index contributed by atoms with van der Waals surface area (Å²) < 4.78 is 46.5. The number of likely N-dealkylation sites (tertiary alicyclic amines) is 1. The van der Waals surface area contributed by atoms with E-state index in [9.17, 15) is 9.18 Å². The fraction of sp³-hybridized carbons (Fsp3) is 0.500. The Labute approximate surface area is 194 Å². The van der Waals surface area contributed by atoms with Gasteiger partial charge in [-0.1, -0.05) is 17.7 Å². The average Bonchev–Trinajstić information content (AvgIpc) is 3.49. The lowest BCUT2D eigenvalue weighted by Gasteiger charge is -2.46. The van der Waals surface area contributed by atoms with Crippen LogP contribution < -0.4 is 10.1 Å². The molecule has 2 aromatic rings. The molecular formula is C22H23ClF2N4O4. The fourth-order valence-corrected chi connectivity index (χ4v) is 4.39. The molecule has 2 aliphatic heterocycles. The molecule has 176 valence electrons. The number of hydrogen-bond acceptors (Lipinski definition) is 7. The maximum absolute atomic E-state index is 15.2. The molecule has 3 aliphatic rings. The molecule has 2 atom stereocenters. The molecule has 2 unspecified atom stereocenters. The van der Waals surface area contributed by atoms with Crippen LogP contribution in [-0.4, -0.2) is 59.0 Å². The molecule has 3 fully saturated rings. The Morgan fingerprint density at radius 3 is 2.64 bits per heavy atom. The maximum atomic E-state index is 15.2. The van der Waals surface area contributed by atoms with Crippen LogP contribution in [0.1, 0.15) is 19.8 Å². The molecule has 3 heterocycles. The van der Waals surface area contributed by atoms with Crippen molar-refractivity contribution in [3.63, 3.8) is 0 Å². The molecule has 2 saturated heterocycles. The van der Waals surface area contributed by atoms with Crippen LogP contribution in [-0.2, 0) is 9.47 Å². The summed E-state index contributed by atoms with van der Waals surface area (Å²) in [4.78, 5) is 22.0. The first kappa shape index (κ1) is 22.1. The number of amides is 1. The monoisotopic (exact) mass is 480 g/mol. The van der Waals surface area contributed by atoms with Gasteiger partial charge in [0, 0.05) is 24.9 Å². The molecule has 8 nitrogen and oxygen atoms in total. The molecule has 33 heavy (non-hydrogen) atoms. The molecule has 1 aromatic heterocycles. The quantitative estimate of drug-likeness (QED) is 0.687. The molecule has 1 aromatic carbocycles. The largest absolute Gasteiger partial charge is 0.471 e. The number of carbonyl (C=O) groups is 1. The highest BCUT2D eigenvalue weighted by atomic mass is 35.5. The normalized spacial score (nSPS) is 25.3. The first-order valence-electron chi connectivity index (χ1n) is 10.8. The highest BCUT2D eigenvalue weighted by molar-refractivity contribution is 6.33. The number of ether oxygens (including phenoxy) is 3. The van der Waals surface area contributed by atoms with Gasteiger partial charge in [0.05, 0.1) is 23.9 Å². The lowest BCUT2D eigenvalue weighted by Crippen LogP contribution is -2.59. The SMILES string of the molecule is CC1(OC(=O)N2CC3COCC(C2)C3Oc2ncnc(Nc3c(F)cccc3Cl)c2F)CC1. The topological polar surface area (TPSA) is 85.8 Å². The van der Waals surface area contributed by atoms with Gasteiger partial charge in [0.15, 0.2) is 5.82 Å². The molecule has 0 radical (unpaired) electrons. The Hall–Kier alpha value is -2.72. The molecule has 0 spiro atoms. The minimum atomic E-state index is -0.862. The number of nitrogens with zero attached hydrogens (tertiary/aromatic N) is 3.